The number of amides is 1. The van der Waals surface area contributed by atoms with E-state index in [0.717, 1.165) is 11.1 Å². The zero-order valence-corrected chi connectivity index (χ0v) is 19.9. The largest absolute Gasteiger partial charge is 0.374 e. The monoisotopic (exact) mass is 460 g/mol. The predicted molar refractivity (Wildman–Crippen MR) is 123 cm³/mol. The van der Waals surface area contributed by atoms with Gasteiger partial charge in [-0.3, -0.25) is 4.79 Å². The smallest absolute Gasteiger partial charge is 0.251 e. The number of hydrogen-bond donors (Lipinski definition) is 1. The second-order valence-corrected chi connectivity index (χ2v) is 10.4. The van der Waals surface area contributed by atoms with Crippen molar-refractivity contribution in [2.75, 3.05) is 13.1 Å². The average Bonchev–Trinajstić information content (AvgIpc) is 2.76. The zero-order valence-electron chi connectivity index (χ0n) is 19.1. The molecule has 1 heterocycles. The predicted octanol–water partition coefficient (Wildman–Crippen LogP) is 3.34. The summed E-state index contributed by atoms with van der Waals surface area (Å²) in [6.07, 6.45) is -0.251. The van der Waals surface area contributed by atoms with Gasteiger partial charge in [-0.1, -0.05) is 30.3 Å². The van der Waals surface area contributed by atoms with Crippen LogP contribution in [0.4, 0.5) is 0 Å². The Labute approximate surface area is 190 Å². The number of hydrogen-bond acceptors (Lipinski definition) is 5. The molecule has 0 radical (unpaired) electrons. The summed E-state index contributed by atoms with van der Waals surface area (Å²) in [4.78, 5) is 12.9. The summed E-state index contributed by atoms with van der Waals surface area (Å²) in [5, 5.41) is 2.89. The molecule has 0 spiro atoms. The fourth-order valence-corrected chi connectivity index (χ4v) is 5.32. The molecule has 2 aromatic rings. The minimum atomic E-state index is -3.72. The molecule has 0 bridgehead atoms. The normalized spacial score (nSPS) is 19.8. The number of ether oxygens (including phenoxy) is 2. The van der Waals surface area contributed by atoms with E-state index in [9.17, 15) is 13.2 Å². The topological polar surface area (TPSA) is 84.9 Å². The number of benzene rings is 2. The maximum Gasteiger partial charge on any atom is 0.251 e. The fourth-order valence-electron chi connectivity index (χ4n) is 3.68. The molecule has 1 fully saturated rings. The molecule has 1 N–H and O–H groups in total. The first kappa shape index (κ1) is 24.4. The van der Waals surface area contributed by atoms with Crippen LogP contribution in [0.2, 0.25) is 0 Å². The highest BCUT2D eigenvalue weighted by atomic mass is 32.2. The van der Waals surface area contributed by atoms with Gasteiger partial charge in [0.25, 0.3) is 5.91 Å². The van der Waals surface area contributed by atoms with Crippen LogP contribution in [-0.4, -0.2) is 50.0 Å². The van der Waals surface area contributed by atoms with Crippen molar-refractivity contribution in [3.8, 4) is 0 Å². The van der Waals surface area contributed by atoms with E-state index in [1.54, 1.807) is 12.1 Å². The van der Waals surface area contributed by atoms with Crippen molar-refractivity contribution in [3.63, 3.8) is 0 Å². The molecule has 174 valence electrons. The van der Waals surface area contributed by atoms with Gasteiger partial charge >= 0.3 is 0 Å². The average molecular weight is 461 g/mol. The molecule has 2 aromatic carbocycles. The van der Waals surface area contributed by atoms with Crippen LogP contribution >= 0.6 is 0 Å². The third kappa shape index (κ3) is 6.16. The van der Waals surface area contributed by atoms with Gasteiger partial charge in [0.1, 0.15) is 0 Å². The molecule has 8 heteroatoms. The van der Waals surface area contributed by atoms with Gasteiger partial charge in [-0.05, 0) is 57.0 Å². The van der Waals surface area contributed by atoms with E-state index < -0.39 is 10.0 Å². The minimum absolute atomic E-state index is 0.109. The fraction of sp³-hybridized carbons (Fsp3) is 0.458. The molecule has 32 heavy (non-hydrogen) atoms. The quantitative estimate of drug-likeness (QED) is 0.653. The van der Waals surface area contributed by atoms with Gasteiger partial charge in [0.2, 0.25) is 10.0 Å². The van der Waals surface area contributed by atoms with Crippen LogP contribution in [0.1, 0.15) is 49.2 Å². The van der Waals surface area contributed by atoms with E-state index >= 15 is 0 Å². The first-order valence-electron chi connectivity index (χ1n) is 10.9. The summed E-state index contributed by atoms with van der Waals surface area (Å²) in [6.45, 7) is 9.03. The Morgan fingerprint density at radius 3 is 2.41 bits per heavy atom. The van der Waals surface area contributed by atoms with Gasteiger partial charge in [0.15, 0.2) is 0 Å². The second kappa shape index (κ2) is 10.6. The number of rotatable bonds is 8. The second-order valence-electron chi connectivity index (χ2n) is 8.42. The highest BCUT2D eigenvalue weighted by Gasteiger charge is 2.32. The molecule has 0 aliphatic carbocycles. The third-order valence-corrected chi connectivity index (χ3v) is 7.08. The molecule has 1 amide bonds. The van der Waals surface area contributed by atoms with Gasteiger partial charge in [0, 0.05) is 25.2 Å². The van der Waals surface area contributed by atoms with E-state index in [4.69, 9.17) is 9.47 Å². The standard InChI is InChI=1S/C24H32N2O5S/c1-17(2)30-16-22-9-6-5-8-21(22)13-25-24(27)20-10-7-11-23(12-20)32(28,29)26-14-18(3)31-19(4)15-26/h5-12,17-19H,13-16H2,1-4H3,(H,25,27). The van der Waals surface area contributed by atoms with Crippen molar-refractivity contribution in [2.45, 2.75) is 64.1 Å². The van der Waals surface area contributed by atoms with Crippen LogP contribution in [0.15, 0.2) is 53.4 Å². The van der Waals surface area contributed by atoms with Crippen molar-refractivity contribution in [1.82, 2.24) is 9.62 Å². The lowest BCUT2D eigenvalue weighted by Crippen LogP contribution is -2.48. The molecule has 3 rings (SSSR count). The lowest BCUT2D eigenvalue weighted by molar-refractivity contribution is -0.0440. The van der Waals surface area contributed by atoms with Crippen molar-refractivity contribution >= 4 is 15.9 Å². The van der Waals surface area contributed by atoms with E-state index in [1.165, 1.54) is 16.4 Å². The third-order valence-electron chi connectivity index (χ3n) is 5.25. The molecular weight excluding hydrogens is 428 g/mol. The van der Waals surface area contributed by atoms with Gasteiger partial charge in [-0.15, -0.1) is 0 Å². The number of carbonyl (C=O) groups is 1. The van der Waals surface area contributed by atoms with Gasteiger partial charge in [0.05, 0.1) is 29.8 Å². The van der Waals surface area contributed by atoms with Crippen LogP contribution in [0.25, 0.3) is 0 Å². The Hall–Kier alpha value is -2.26. The van der Waals surface area contributed by atoms with Gasteiger partial charge < -0.3 is 14.8 Å². The number of morpholine rings is 1. The van der Waals surface area contributed by atoms with Crippen molar-refractivity contribution in [3.05, 3.63) is 65.2 Å². The summed E-state index contributed by atoms with van der Waals surface area (Å²) in [6, 6.07) is 13.9. The first-order chi connectivity index (χ1) is 15.2. The Kier molecular flexibility index (Phi) is 8.05. The first-order valence-corrected chi connectivity index (χ1v) is 12.3. The Morgan fingerprint density at radius 2 is 1.75 bits per heavy atom. The van der Waals surface area contributed by atoms with Crippen molar-refractivity contribution < 1.29 is 22.7 Å². The van der Waals surface area contributed by atoms with E-state index in [1.807, 2.05) is 52.0 Å². The Balaban J connectivity index is 1.71. The minimum Gasteiger partial charge on any atom is -0.374 e. The number of nitrogens with one attached hydrogen (secondary N) is 1. The molecule has 0 saturated carbocycles. The Bertz CT molecular complexity index is 1030. The zero-order chi connectivity index (χ0) is 23.3. The van der Waals surface area contributed by atoms with Crippen molar-refractivity contribution in [2.24, 2.45) is 0 Å². The summed E-state index contributed by atoms with van der Waals surface area (Å²) in [7, 11) is -3.72. The molecule has 1 aliphatic rings. The van der Waals surface area contributed by atoms with Crippen LogP contribution in [-0.2, 0) is 32.6 Å². The number of nitrogens with zero attached hydrogens (tertiary/aromatic N) is 1. The van der Waals surface area contributed by atoms with Gasteiger partial charge in [-0.25, -0.2) is 8.42 Å². The maximum atomic E-state index is 13.1. The number of sulfonamides is 1. The molecular formula is C24H32N2O5S. The summed E-state index contributed by atoms with van der Waals surface area (Å²) in [5.74, 6) is -0.328. The van der Waals surface area contributed by atoms with Crippen molar-refractivity contribution in [1.29, 1.82) is 0 Å². The molecule has 7 nitrogen and oxygen atoms in total. The lowest BCUT2D eigenvalue weighted by atomic mass is 10.1. The van der Waals surface area contributed by atoms with Crippen LogP contribution in [0.5, 0.6) is 0 Å². The van der Waals surface area contributed by atoms with E-state index in [-0.39, 0.29) is 29.1 Å². The Morgan fingerprint density at radius 1 is 1.09 bits per heavy atom. The highest BCUT2D eigenvalue weighted by molar-refractivity contribution is 7.89. The maximum absolute atomic E-state index is 13.1. The summed E-state index contributed by atoms with van der Waals surface area (Å²) < 4.78 is 39.0. The molecule has 2 atom stereocenters. The number of carbonyl (C=O) groups excluding carboxylic acids is 1. The highest BCUT2D eigenvalue weighted by Crippen LogP contribution is 2.22. The SMILES string of the molecule is CC(C)OCc1ccccc1CNC(=O)c1cccc(S(=O)(=O)N2CC(C)OC(C)C2)c1. The summed E-state index contributed by atoms with van der Waals surface area (Å²) in [5.41, 5.74) is 2.27. The summed E-state index contributed by atoms with van der Waals surface area (Å²) >= 11 is 0. The van der Waals surface area contributed by atoms with Crippen LogP contribution in [0, 0.1) is 0 Å². The van der Waals surface area contributed by atoms with Crippen LogP contribution < -0.4 is 5.32 Å². The van der Waals surface area contributed by atoms with E-state index in [0.29, 0.717) is 31.8 Å². The molecule has 0 aromatic heterocycles. The molecule has 2 unspecified atom stereocenters. The van der Waals surface area contributed by atoms with Crippen LogP contribution in [0.3, 0.4) is 0 Å². The molecule has 1 aliphatic heterocycles. The van der Waals surface area contributed by atoms with Gasteiger partial charge in [-0.2, -0.15) is 4.31 Å². The van der Waals surface area contributed by atoms with E-state index in [2.05, 4.69) is 5.32 Å². The molecule has 1 saturated heterocycles. The lowest BCUT2D eigenvalue weighted by Gasteiger charge is -2.34.